The summed E-state index contributed by atoms with van der Waals surface area (Å²) in [4.78, 5) is 10.7. The Balaban J connectivity index is 2.62. The first-order valence-electron chi connectivity index (χ1n) is 4.80. The lowest BCUT2D eigenvalue weighted by atomic mass is 10.1. The first kappa shape index (κ1) is 12.4. The van der Waals surface area contributed by atoms with Crippen molar-refractivity contribution in [2.75, 3.05) is 7.11 Å². The van der Waals surface area contributed by atoms with Gasteiger partial charge in [-0.15, -0.1) is 0 Å². The third-order valence-corrected chi connectivity index (χ3v) is 2.93. The minimum Gasteiger partial charge on any atom is -0.504 e. The number of phenolic OH excluding ortho intramolecular Hbond substituents is 1. The number of rotatable bonds is 3. The molecule has 0 bridgehead atoms. The van der Waals surface area contributed by atoms with Gasteiger partial charge in [0.15, 0.2) is 23.0 Å². The number of phenols is 1. The first-order chi connectivity index (χ1) is 8.54. The number of benzene rings is 1. The van der Waals surface area contributed by atoms with Gasteiger partial charge in [0.25, 0.3) is 0 Å². The molecular weight excluding hydrogens is 306 g/mol. The molecule has 2 rings (SSSR count). The highest BCUT2D eigenvalue weighted by molar-refractivity contribution is 9.10. The summed E-state index contributed by atoms with van der Waals surface area (Å²) in [5.74, 6) is -0.909. The van der Waals surface area contributed by atoms with Gasteiger partial charge in [-0.3, -0.25) is 0 Å². The number of aromatic carboxylic acids is 1. The molecule has 0 aliphatic carbocycles. The summed E-state index contributed by atoms with van der Waals surface area (Å²) in [6.07, 6.45) is 0. The minimum atomic E-state index is -1.19. The molecule has 7 heteroatoms. The van der Waals surface area contributed by atoms with E-state index in [-0.39, 0.29) is 23.0 Å². The molecule has 0 amide bonds. The average Bonchev–Trinajstić information content (AvgIpc) is 2.81. The lowest BCUT2D eigenvalue weighted by molar-refractivity contribution is 0.0686. The second-order valence-corrected chi connectivity index (χ2v) is 4.21. The summed E-state index contributed by atoms with van der Waals surface area (Å²) in [5.41, 5.74) is 0.180. The van der Waals surface area contributed by atoms with Crippen molar-refractivity contribution in [1.82, 2.24) is 5.16 Å². The number of carboxylic acid groups (broad SMARTS) is 1. The number of aromatic hydroxyl groups is 1. The number of hydrogen-bond donors (Lipinski definition) is 2. The van der Waals surface area contributed by atoms with Crippen LogP contribution in [0.4, 0.5) is 0 Å². The molecule has 0 unspecified atom stereocenters. The second kappa shape index (κ2) is 4.69. The fourth-order valence-corrected chi connectivity index (χ4v) is 1.99. The zero-order valence-electron chi connectivity index (χ0n) is 9.18. The Kier molecular flexibility index (Phi) is 3.24. The molecule has 0 fully saturated rings. The maximum atomic E-state index is 10.7. The molecule has 94 valence electrons. The van der Waals surface area contributed by atoms with E-state index in [4.69, 9.17) is 14.4 Å². The summed E-state index contributed by atoms with van der Waals surface area (Å²) in [6, 6.07) is 4.29. The Hall–Kier alpha value is -2.02. The zero-order valence-corrected chi connectivity index (χ0v) is 10.8. The van der Waals surface area contributed by atoms with Gasteiger partial charge in [0.1, 0.15) is 0 Å². The van der Waals surface area contributed by atoms with Crippen LogP contribution in [0.25, 0.3) is 11.3 Å². The van der Waals surface area contributed by atoms with E-state index in [1.807, 2.05) is 0 Å². The van der Waals surface area contributed by atoms with Crippen molar-refractivity contribution in [1.29, 1.82) is 0 Å². The number of aromatic nitrogens is 1. The highest BCUT2D eigenvalue weighted by Gasteiger charge is 2.20. The SMILES string of the molecule is COc1c(O)ccc(Br)c1-c1cc(C(=O)O)no1. The molecule has 1 aromatic carbocycles. The Morgan fingerprint density at radius 1 is 1.50 bits per heavy atom. The number of carboxylic acids is 1. The van der Waals surface area contributed by atoms with Crippen LogP contribution in [0, 0.1) is 0 Å². The molecule has 2 aromatic rings. The van der Waals surface area contributed by atoms with E-state index in [0.717, 1.165) is 0 Å². The second-order valence-electron chi connectivity index (χ2n) is 3.36. The Morgan fingerprint density at radius 2 is 2.22 bits per heavy atom. The normalized spacial score (nSPS) is 10.3. The van der Waals surface area contributed by atoms with Crippen LogP contribution in [0.5, 0.6) is 11.5 Å². The smallest absolute Gasteiger partial charge is 0.358 e. The maximum absolute atomic E-state index is 10.7. The van der Waals surface area contributed by atoms with Crippen LogP contribution in [-0.4, -0.2) is 28.4 Å². The van der Waals surface area contributed by atoms with Gasteiger partial charge in [0.2, 0.25) is 0 Å². The summed E-state index contributed by atoms with van der Waals surface area (Å²) in [7, 11) is 1.39. The number of halogens is 1. The fraction of sp³-hybridized carbons (Fsp3) is 0.0909. The van der Waals surface area contributed by atoms with E-state index in [1.54, 1.807) is 6.07 Å². The van der Waals surface area contributed by atoms with Gasteiger partial charge in [-0.2, -0.15) is 0 Å². The maximum Gasteiger partial charge on any atom is 0.358 e. The lowest BCUT2D eigenvalue weighted by Crippen LogP contribution is -1.94. The molecule has 1 aromatic heterocycles. The van der Waals surface area contributed by atoms with Crippen LogP contribution in [0.3, 0.4) is 0 Å². The van der Waals surface area contributed by atoms with Gasteiger partial charge < -0.3 is 19.5 Å². The van der Waals surface area contributed by atoms with Crippen molar-refractivity contribution in [3.05, 3.63) is 28.4 Å². The summed E-state index contributed by atoms with van der Waals surface area (Å²) in [5, 5.41) is 21.9. The molecule has 0 aliphatic rings. The quantitative estimate of drug-likeness (QED) is 0.904. The first-order valence-corrected chi connectivity index (χ1v) is 5.59. The zero-order chi connectivity index (χ0) is 13.3. The minimum absolute atomic E-state index is 0.0797. The third kappa shape index (κ3) is 2.04. The van der Waals surface area contributed by atoms with E-state index in [2.05, 4.69) is 21.1 Å². The van der Waals surface area contributed by atoms with Gasteiger partial charge >= 0.3 is 5.97 Å². The number of carbonyl (C=O) groups is 1. The summed E-state index contributed by atoms with van der Waals surface area (Å²) < 4.78 is 10.6. The highest BCUT2D eigenvalue weighted by atomic mass is 79.9. The largest absolute Gasteiger partial charge is 0.504 e. The molecular formula is C11H8BrNO5. The van der Waals surface area contributed by atoms with Crippen molar-refractivity contribution >= 4 is 21.9 Å². The Labute approximate surface area is 110 Å². The van der Waals surface area contributed by atoms with Crippen LogP contribution < -0.4 is 4.74 Å². The van der Waals surface area contributed by atoms with Crippen LogP contribution in [0.15, 0.2) is 27.2 Å². The molecule has 0 aliphatic heterocycles. The Bertz CT molecular complexity index is 607. The van der Waals surface area contributed by atoms with E-state index >= 15 is 0 Å². The molecule has 6 nitrogen and oxygen atoms in total. The third-order valence-electron chi connectivity index (χ3n) is 2.27. The molecule has 0 radical (unpaired) electrons. The number of ether oxygens (including phenoxy) is 1. The van der Waals surface area contributed by atoms with E-state index in [0.29, 0.717) is 10.0 Å². The Morgan fingerprint density at radius 3 is 2.78 bits per heavy atom. The summed E-state index contributed by atoms with van der Waals surface area (Å²) in [6.45, 7) is 0. The molecule has 0 saturated heterocycles. The van der Waals surface area contributed by atoms with Gasteiger partial charge in [-0.25, -0.2) is 4.79 Å². The van der Waals surface area contributed by atoms with Crippen molar-refractivity contribution in [2.24, 2.45) is 0 Å². The van der Waals surface area contributed by atoms with Crippen molar-refractivity contribution in [2.45, 2.75) is 0 Å². The van der Waals surface area contributed by atoms with Crippen molar-refractivity contribution in [3.63, 3.8) is 0 Å². The van der Waals surface area contributed by atoms with Crippen LogP contribution in [0.1, 0.15) is 10.5 Å². The summed E-state index contributed by atoms with van der Waals surface area (Å²) >= 11 is 3.28. The topological polar surface area (TPSA) is 92.8 Å². The predicted molar refractivity (Wildman–Crippen MR) is 64.8 cm³/mol. The molecule has 0 atom stereocenters. The number of nitrogens with zero attached hydrogens (tertiary/aromatic N) is 1. The van der Waals surface area contributed by atoms with Gasteiger partial charge in [-0.1, -0.05) is 5.16 Å². The van der Waals surface area contributed by atoms with Crippen LogP contribution in [-0.2, 0) is 0 Å². The van der Waals surface area contributed by atoms with E-state index in [9.17, 15) is 9.90 Å². The average molecular weight is 314 g/mol. The molecule has 0 spiro atoms. The monoisotopic (exact) mass is 313 g/mol. The number of hydrogen-bond acceptors (Lipinski definition) is 5. The molecule has 1 heterocycles. The highest BCUT2D eigenvalue weighted by Crippen LogP contribution is 2.42. The van der Waals surface area contributed by atoms with Crippen LogP contribution in [0.2, 0.25) is 0 Å². The van der Waals surface area contributed by atoms with E-state index in [1.165, 1.54) is 19.2 Å². The van der Waals surface area contributed by atoms with E-state index < -0.39 is 5.97 Å². The van der Waals surface area contributed by atoms with Crippen molar-refractivity contribution < 1.29 is 24.3 Å². The van der Waals surface area contributed by atoms with Gasteiger partial charge in [0.05, 0.1) is 12.7 Å². The molecule has 0 saturated carbocycles. The molecule has 18 heavy (non-hydrogen) atoms. The lowest BCUT2D eigenvalue weighted by Gasteiger charge is -2.09. The molecule has 2 N–H and O–H groups in total. The van der Waals surface area contributed by atoms with Gasteiger partial charge in [0, 0.05) is 10.5 Å². The fourth-order valence-electron chi connectivity index (χ4n) is 1.48. The number of methoxy groups -OCH3 is 1. The standard InChI is InChI=1S/C11H8BrNO5/c1-17-10-7(14)3-2-5(12)9(10)8-4-6(11(15)16)13-18-8/h2-4,14H,1H3,(H,15,16). The predicted octanol–water partition coefficient (Wildman–Crippen LogP) is 2.52. The van der Waals surface area contributed by atoms with Crippen LogP contribution >= 0.6 is 15.9 Å². The van der Waals surface area contributed by atoms with Gasteiger partial charge in [-0.05, 0) is 28.1 Å². The van der Waals surface area contributed by atoms with Crippen molar-refractivity contribution in [3.8, 4) is 22.8 Å².